The van der Waals surface area contributed by atoms with E-state index in [0.717, 1.165) is 41.9 Å². The molecule has 0 heterocycles. The van der Waals surface area contributed by atoms with Gasteiger partial charge in [-0.1, -0.05) is 19.1 Å². The Labute approximate surface area is 145 Å². The number of carbonyl (C=O) groups is 1. The number of allylic oxidation sites excluding steroid dienone is 1. The highest BCUT2D eigenvalue weighted by Gasteiger charge is 2.19. The molecule has 1 aliphatic rings. The molecular formula is C20H29NO3. The van der Waals surface area contributed by atoms with Crippen molar-refractivity contribution in [3.8, 4) is 11.5 Å². The van der Waals surface area contributed by atoms with E-state index in [-0.39, 0.29) is 11.9 Å². The smallest absolute Gasteiger partial charge is 0.247 e. The highest BCUT2D eigenvalue weighted by atomic mass is 16.5. The van der Waals surface area contributed by atoms with Crippen LogP contribution in [0.2, 0.25) is 0 Å². The van der Waals surface area contributed by atoms with Gasteiger partial charge in [0.25, 0.3) is 0 Å². The maximum atomic E-state index is 12.1. The van der Waals surface area contributed by atoms with Crippen LogP contribution in [0.3, 0.4) is 0 Å². The first-order valence-electron chi connectivity index (χ1n) is 8.87. The minimum atomic E-state index is -0.0906. The summed E-state index contributed by atoms with van der Waals surface area (Å²) in [5.74, 6) is 1.48. The maximum absolute atomic E-state index is 12.1. The van der Waals surface area contributed by atoms with Gasteiger partial charge in [0, 0.05) is 5.57 Å². The van der Waals surface area contributed by atoms with Crippen LogP contribution in [0.4, 0.5) is 0 Å². The Balaban J connectivity index is 2.07. The molecule has 0 radical (unpaired) electrons. The van der Waals surface area contributed by atoms with Gasteiger partial charge in [-0.3, -0.25) is 4.79 Å². The zero-order valence-corrected chi connectivity index (χ0v) is 15.2. The fourth-order valence-electron chi connectivity index (χ4n) is 3.03. The molecule has 1 atom stereocenters. The number of nitrogens with one attached hydrogen (secondary N) is 1. The summed E-state index contributed by atoms with van der Waals surface area (Å²) in [4.78, 5) is 12.1. The zero-order chi connectivity index (χ0) is 17.5. The summed E-state index contributed by atoms with van der Waals surface area (Å²) in [5.41, 5.74) is 1.75. The fraction of sp³-hybridized carbons (Fsp3) is 0.550. The number of methoxy groups -OCH3 is 1. The second kappa shape index (κ2) is 8.76. The van der Waals surface area contributed by atoms with Gasteiger partial charge in [0.15, 0.2) is 11.5 Å². The van der Waals surface area contributed by atoms with Crippen LogP contribution in [0.1, 0.15) is 64.5 Å². The van der Waals surface area contributed by atoms with Crippen LogP contribution in [0, 0.1) is 0 Å². The van der Waals surface area contributed by atoms with Gasteiger partial charge in [-0.05, 0) is 63.6 Å². The topological polar surface area (TPSA) is 47.6 Å². The van der Waals surface area contributed by atoms with E-state index in [0.29, 0.717) is 6.10 Å². The van der Waals surface area contributed by atoms with Crippen LogP contribution in [0.15, 0.2) is 29.8 Å². The molecule has 1 amide bonds. The van der Waals surface area contributed by atoms with Gasteiger partial charge in [0.1, 0.15) is 0 Å². The van der Waals surface area contributed by atoms with E-state index in [2.05, 4.69) is 5.32 Å². The second-order valence-corrected chi connectivity index (χ2v) is 6.43. The molecule has 0 aliphatic heterocycles. The van der Waals surface area contributed by atoms with Crippen LogP contribution in [-0.2, 0) is 4.79 Å². The van der Waals surface area contributed by atoms with Gasteiger partial charge in [-0.2, -0.15) is 0 Å². The Bertz CT molecular complexity index is 589. The van der Waals surface area contributed by atoms with E-state index < -0.39 is 0 Å². The molecule has 1 fully saturated rings. The molecule has 1 aromatic carbocycles. The molecule has 1 aliphatic carbocycles. The maximum Gasteiger partial charge on any atom is 0.247 e. The van der Waals surface area contributed by atoms with Gasteiger partial charge in [0.2, 0.25) is 5.91 Å². The van der Waals surface area contributed by atoms with Gasteiger partial charge >= 0.3 is 0 Å². The SMILES string of the molecule is CC/C=C(\C)C(=O)NC(C)c1ccc(OC2CCCC2)c(OC)c1. The van der Waals surface area contributed by atoms with Crippen molar-refractivity contribution >= 4 is 5.91 Å². The largest absolute Gasteiger partial charge is 0.493 e. The predicted octanol–water partition coefficient (Wildman–Crippen LogP) is 4.55. The molecule has 132 valence electrons. The number of amides is 1. The van der Waals surface area contributed by atoms with Crippen molar-refractivity contribution in [1.82, 2.24) is 5.32 Å². The normalized spacial score (nSPS) is 16.8. The quantitative estimate of drug-likeness (QED) is 0.746. The third-order valence-electron chi connectivity index (χ3n) is 4.50. The number of ether oxygens (including phenoxy) is 2. The molecule has 1 N–H and O–H groups in total. The Morgan fingerprint density at radius 1 is 1.33 bits per heavy atom. The summed E-state index contributed by atoms with van der Waals surface area (Å²) < 4.78 is 11.6. The Morgan fingerprint density at radius 2 is 2.04 bits per heavy atom. The van der Waals surface area contributed by atoms with Gasteiger partial charge in [-0.25, -0.2) is 0 Å². The zero-order valence-electron chi connectivity index (χ0n) is 15.2. The van der Waals surface area contributed by atoms with Gasteiger partial charge < -0.3 is 14.8 Å². The van der Waals surface area contributed by atoms with Crippen molar-refractivity contribution in [2.24, 2.45) is 0 Å². The average molecular weight is 331 g/mol. The summed E-state index contributed by atoms with van der Waals surface area (Å²) >= 11 is 0. The first-order chi connectivity index (χ1) is 11.5. The molecule has 0 saturated heterocycles. The van der Waals surface area contributed by atoms with Crippen molar-refractivity contribution in [2.75, 3.05) is 7.11 Å². The minimum Gasteiger partial charge on any atom is -0.493 e. The van der Waals surface area contributed by atoms with Crippen LogP contribution >= 0.6 is 0 Å². The van der Waals surface area contributed by atoms with E-state index >= 15 is 0 Å². The molecule has 2 rings (SSSR count). The molecule has 24 heavy (non-hydrogen) atoms. The molecule has 1 unspecified atom stereocenters. The Hall–Kier alpha value is -1.97. The van der Waals surface area contributed by atoms with E-state index in [1.807, 2.05) is 45.0 Å². The van der Waals surface area contributed by atoms with Gasteiger partial charge in [-0.15, -0.1) is 0 Å². The first-order valence-corrected chi connectivity index (χ1v) is 8.87. The Morgan fingerprint density at radius 3 is 2.67 bits per heavy atom. The number of benzene rings is 1. The molecule has 4 nitrogen and oxygen atoms in total. The third-order valence-corrected chi connectivity index (χ3v) is 4.50. The summed E-state index contributed by atoms with van der Waals surface area (Å²) in [5, 5.41) is 3.02. The van der Waals surface area contributed by atoms with Gasteiger partial charge in [0.05, 0.1) is 19.3 Å². The number of hydrogen-bond donors (Lipinski definition) is 1. The number of rotatable bonds is 7. The third kappa shape index (κ3) is 4.76. The Kier molecular flexibility index (Phi) is 6.71. The highest BCUT2D eigenvalue weighted by Crippen LogP contribution is 2.33. The molecule has 1 aromatic rings. The molecule has 0 spiro atoms. The highest BCUT2D eigenvalue weighted by molar-refractivity contribution is 5.93. The number of carbonyl (C=O) groups excluding carboxylic acids is 1. The molecule has 0 aromatic heterocycles. The van der Waals surface area contributed by atoms with Crippen LogP contribution in [0.25, 0.3) is 0 Å². The van der Waals surface area contributed by atoms with Crippen molar-refractivity contribution in [3.63, 3.8) is 0 Å². The van der Waals surface area contributed by atoms with Crippen molar-refractivity contribution in [2.45, 2.75) is 65.0 Å². The average Bonchev–Trinajstić information content (AvgIpc) is 3.08. The monoisotopic (exact) mass is 331 g/mol. The lowest BCUT2D eigenvalue weighted by atomic mass is 10.1. The fourth-order valence-corrected chi connectivity index (χ4v) is 3.03. The van der Waals surface area contributed by atoms with Crippen molar-refractivity contribution in [3.05, 3.63) is 35.4 Å². The summed E-state index contributed by atoms with van der Waals surface area (Å²) in [7, 11) is 1.65. The van der Waals surface area contributed by atoms with Crippen molar-refractivity contribution in [1.29, 1.82) is 0 Å². The summed E-state index contributed by atoms with van der Waals surface area (Å²) in [6.07, 6.45) is 7.78. The van der Waals surface area contributed by atoms with Crippen LogP contribution in [-0.4, -0.2) is 19.1 Å². The number of hydrogen-bond acceptors (Lipinski definition) is 3. The molecular weight excluding hydrogens is 302 g/mol. The predicted molar refractivity (Wildman–Crippen MR) is 96.5 cm³/mol. The van der Waals surface area contributed by atoms with E-state index in [1.54, 1.807) is 7.11 Å². The van der Waals surface area contributed by atoms with E-state index in [9.17, 15) is 4.79 Å². The van der Waals surface area contributed by atoms with E-state index in [1.165, 1.54) is 12.8 Å². The van der Waals surface area contributed by atoms with E-state index in [4.69, 9.17) is 9.47 Å². The summed E-state index contributed by atoms with van der Waals surface area (Å²) in [6, 6.07) is 5.81. The van der Waals surface area contributed by atoms with Crippen LogP contribution < -0.4 is 14.8 Å². The molecule has 1 saturated carbocycles. The first kappa shape index (κ1) is 18.4. The minimum absolute atomic E-state index is 0.0328. The van der Waals surface area contributed by atoms with Crippen LogP contribution in [0.5, 0.6) is 11.5 Å². The molecule has 4 heteroatoms. The van der Waals surface area contributed by atoms with Crippen molar-refractivity contribution < 1.29 is 14.3 Å². The summed E-state index contributed by atoms with van der Waals surface area (Å²) in [6.45, 7) is 5.84. The lowest BCUT2D eigenvalue weighted by molar-refractivity contribution is -0.118. The lowest BCUT2D eigenvalue weighted by Crippen LogP contribution is -2.27. The second-order valence-electron chi connectivity index (χ2n) is 6.43. The lowest BCUT2D eigenvalue weighted by Gasteiger charge is -2.19. The molecule has 0 bridgehead atoms. The standard InChI is InChI=1S/C20H29NO3/c1-5-8-14(2)20(22)21-15(3)16-11-12-18(19(13-16)23-4)24-17-9-6-7-10-17/h8,11-13,15,17H,5-7,9-10H2,1-4H3,(H,21,22)/b14-8+.